The van der Waals surface area contributed by atoms with Gasteiger partial charge in [-0.25, -0.2) is 0 Å². The van der Waals surface area contributed by atoms with Gasteiger partial charge in [-0.3, -0.25) is 9.69 Å². The molecule has 2 aliphatic heterocycles. The van der Waals surface area contributed by atoms with E-state index in [1.807, 2.05) is 47.9 Å². The van der Waals surface area contributed by atoms with Crippen molar-refractivity contribution in [2.45, 2.75) is 17.9 Å². The number of benzene rings is 1. The summed E-state index contributed by atoms with van der Waals surface area (Å²) in [6.07, 6.45) is 1.62. The van der Waals surface area contributed by atoms with Crippen molar-refractivity contribution in [1.82, 2.24) is 24.7 Å². The van der Waals surface area contributed by atoms with Gasteiger partial charge in [-0.1, -0.05) is 12.1 Å². The Labute approximate surface area is 173 Å². The first-order chi connectivity index (χ1) is 14.2. The molecule has 3 aromatic rings. The molecule has 1 saturated heterocycles. The van der Waals surface area contributed by atoms with Crippen molar-refractivity contribution in [1.29, 1.82) is 0 Å². The Kier molecular flexibility index (Phi) is 4.84. The Bertz CT molecular complexity index is 1030. The average molecular weight is 410 g/mol. The van der Waals surface area contributed by atoms with E-state index in [0.717, 1.165) is 55.6 Å². The van der Waals surface area contributed by atoms with Crippen LogP contribution in [-0.2, 0) is 4.79 Å². The Morgan fingerprint density at radius 1 is 1.07 bits per heavy atom. The van der Waals surface area contributed by atoms with Crippen LogP contribution >= 0.6 is 11.8 Å². The molecule has 0 aliphatic carbocycles. The number of anilines is 2. The van der Waals surface area contributed by atoms with Gasteiger partial charge < -0.3 is 9.80 Å². The fraction of sp³-hybridized carbons (Fsp3) is 0.400. The third-order valence-corrected chi connectivity index (χ3v) is 6.73. The van der Waals surface area contributed by atoms with Crippen LogP contribution in [0.1, 0.15) is 6.92 Å². The molecule has 0 spiro atoms. The predicted molar refractivity (Wildman–Crippen MR) is 114 cm³/mol. The maximum absolute atomic E-state index is 13.3. The van der Waals surface area contributed by atoms with Gasteiger partial charge in [0.05, 0.1) is 11.7 Å². The smallest absolute Gasteiger partial charge is 0.244 e. The third kappa shape index (κ3) is 3.44. The highest BCUT2D eigenvalue weighted by molar-refractivity contribution is 7.99. The SMILES string of the molecule is CC(C(=O)N1CCSc2ccccc21)N1CCN(c2ccc3nncn3n2)CC1. The number of para-hydroxylation sites is 1. The summed E-state index contributed by atoms with van der Waals surface area (Å²) in [5, 5.41) is 12.5. The number of rotatable bonds is 3. The highest BCUT2D eigenvalue weighted by Crippen LogP contribution is 2.34. The molecule has 1 unspecified atom stereocenters. The molecule has 1 atom stereocenters. The quantitative estimate of drug-likeness (QED) is 0.653. The lowest BCUT2D eigenvalue weighted by Gasteiger charge is -2.40. The van der Waals surface area contributed by atoms with Crippen LogP contribution in [0.2, 0.25) is 0 Å². The van der Waals surface area contributed by atoms with Gasteiger partial charge in [-0.05, 0) is 31.2 Å². The van der Waals surface area contributed by atoms with E-state index in [4.69, 9.17) is 0 Å². The van der Waals surface area contributed by atoms with Gasteiger partial charge >= 0.3 is 0 Å². The van der Waals surface area contributed by atoms with Crippen molar-refractivity contribution in [2.75, 3.05) is 48.3 Å². The van der Waals surface area contributed by atoms with E-state index in [1.54, 1.807) is 10.8 Å². The summed E-state index contributed by atoms with van der Waals surface area (Å²) in [5.74, 6) is 2.05. The van der Waals surface area contributed by atoms with Gasteiger partial charge in [0.15, 0.2) is 5.65 Å². The van der Waals surface area contributed by atoms with Crippen LogP contribution in [-0.4, -0.2) is 75.1 Å². The predicted octanol–water partition coefficient (Wildman–Crippen LogP) is 1.77. The molecule has 1 aromatic carbocycles. The lowest BCUT2D eigenvalue weighted by Crippen LogP contribution is -2.55. The van der Waals surface area contributed by atoms with Crippen LogP contribution in [0.3, 0.4) is 0 Å². The minimum atomic E-state index is -0.137. The number of thioether (sulfide) groups is 1. The zero-order valence-corrected chi connectivity index (χ0v) is 17.1. The Hall–Kier alpha value is -2.65. The summed E-state index contributed by atoms with van der Waals surface area (Å²) >= 11 is 1.82. The number of piperazine rings is 1. The third-order valence-electron chi connectivity index (χ3n) is 5.69. The van der Waals surface area contributed by atoms with E-state index < -0.39 is 0 Å². The number of hydrogen-bond donors (Lipinski definition) is 0. The number of amides is 1. The van der Waals surface area contributed by atoms with Crippen LogP contribution in [0.25, 0.3) is 5.65 Å². The first-order valence-electron chi connectivity index (χ1n) is 9.90. The van der Waals surface area contributed by atoms with Crippen LogP contribution in [0.4, 0.5) is 11.5 Å². The van der Waals surface area contributed by atoms with Gasteiger partial charge in [-0.15, -0.1) is 27.1 Å². The Balaban J connectivity index is 1.25. The zero-order valence-electron chi connectivity index (χ0n) is 16.3. The van der Waals surface area contributed by atoms with Gasteiger partial charge in [0.1, 0.15) is 12.1 Å². The summed E-state index contributed by atoms with van der Waals surface area (Å²) in [5.41, 5.74) is 1.79. The molecule has 5 rings (SSSR count). The largest absolute Gasteiger partial charge is 0.353 e. The molecule has 150 valence electrons. The molecule has 1 fully saturated rings. The number of fused-ring (bicyclic) bond motifs is 2. The Morgan fingerprint density at radius 2 is 1.90 bits per heavy atom. The van der Waals surface area contributed by atoms with Gasteiger partial charge in [0.25, 0.3) is 0 Å². The highest BCUT2D eigenvalue weighted by Gasteiger charge is 2.31. The summed E-state index contributed by atoms with van der Waals surface area (Å²) < 4.78 is 1.69. The molecule has 0 N–H and O–H groups in total. The highest BCUT2D eigenvalue weighted by atomic mass is 32.2. The summed E-state index contributed by atoms with van der Waals surface area (Å²) in [6, 6.07) is 12.0. The summed E-state index contributed by atoms with van der Waals surface area (Å²) in [4.78, 5) is 20.9. The van der Waals surface area contributed by atoms with E-state index >= 15 is 0 Å². The molecule has 29 heavy (non-hydrogen) atoms. The molecule has 0 bridgehead atoms. The van der Waals surface area contributed by atoms with Crippen molar-refractivity contribution >= 4 is 34.8 Å². The fourth-order valence-corrected chi connectivity index (χ4v) is 5.00. The molecule has 2 aliphatic rings. The normalized spacial score (nSPS) is 18.7. The van der Waals surface area contributed by atoms with E-state index in [2.05, 4.69) is 37.2 Å². The van der Waals surface area contributed by atoms with E-state index in [9.17, 15) is 4.79 Å². The lowest BCUT2D eigenvalue weighted by atomic mass is 10.1. The van der Waals surface area contributed by atoms with E-state index in [0.29, 0.717) is 0 Å². The maximum Gasteiger partial charge on any atom is 0.244 e. The van der Waals surface area contributed by atoms with E-state index in [1.165, 1.54) is 4.90 Å². The van der Waals surface area contributed by atoms with Crippen molar-refractivity contribution in [3.63, 3.8) is 0 Å². The molecule has 0 saturated carbocycles. The van der Waals surface area contributed by atoms with Crippen LogP contribution in [0.15, 0.2) is 47.6 Å². The molecular formula is C20H23N7OS. The second-order valence-corrected chi connectivity index (χ2v) is 8.47. The molecule has 1 amide bonds. The maximum atomic E-state index is 13.3. The van der Waals surface area contributed by atoms with Crippen molar-refractivity contribution in [3.8, 4) is 0 Å². The van der Waals surface area contributed by atoms with E-state index in [-0.39, 0.29) is 11.9 Å². The lowest BCUT2D eigenvalue weighted by molar-refractivity contribution is -0.123. The molecule has 2 aromatic heterocycles. The van der Waals surface area contributed by atoms with Crippen molar-refractivity contribution in [2.24, 2.45) is 0 Å². The van der Waals surface area contributed by atoms with Crippen LogP contribution < -0.4 is 9.80 Å². The van der Waals surface area contributed by atoms with Crippen LogP contribution in [0.5, 0.6) is 0 Å². The van der Waals surface area contributed by atoms with Gasteiger partial charge in [0, 0.05) is 43.4 Å². The number of hydrogen-bond acceptors (Lipinski definition) is 7. The van der Waals surface area contributed by atoms with Crippen molar-refractivity contribution < 1.29 is 4.79 Å². The number of carbonyl (C=O) groups excluding carboxylic acids is 1. The fourth-order valence-electron chi connectivity index (χ4n) is 4.01. The topological polar surface area (TPSA) is 69.9 Å². The second kappa shape index (κ2) is 7.64. The minimum Gasteiger partial charge on any atom is -0.353 e. The summed E-state index contributed by atoms with van der Waals surface area (Å²) in [6.45, 7) is 6.14. The average Bonchev–Trinajstić information content (AvgIpc) is 3.26. The minimum absolute atomic E-state index is 0.137. The second-order valence-electron chi connectivity index (χ2n) is 7.33. The number of carbonyl (C=O) groups is 1. The van der Waals surface area contributed by atoms with Crippen LogP contribution in [0, 0.1) is 0 Å². The molecule has 0 radical (unpaired) electrons. The zero-order chi connectivity index (χ0) is 19.8. The standard InChI is InChI=1S/C20H23N7OS/c1-15(20(28)26-12-13-29-17-5-3-2-4-16(17)26)24-8-10-25(11-9-24)19-7-6-18-22-21-14-27(18)23-19/h2-7,14-15H,8-13H2,1H3. The molecular weight excluding hydrogens is 386 g/mol. The monoisotopic (exact) mass is 409 g/mol. The first kappa shape index (κ1) is 18.4. The van der Waals surface area contributed by atoms with Gasteiger partial charge in [-0.2, -0.15) is 4.52 Å². The molecule has 4 heterocycles. The Morgan fingerprint density at radius 3 is 2.76 bits per heavy atom. The molecule has 8 nitrogen and oxygen atoms in total. The van der Waals surface area contributed by atoms with Gasteiger partial charge in [0.2, 0.25) is 5.91 Å². The molecule has 9 heteroatoms. The first-order valence-corrected chi connectivity index (χ1v) is 10.9. The number of nitrogens with zero attached hydrogens (tertiary/aromatic N) is 7. The number of aromatic nitrogens is 4. The van der Waals surface area contributed by atoms with Crippen molar-refractivity contribution in [3.05, 3.63) is 42.7 Å². The summed E-state index contributed by atoms with van der Waals surface area (Å²) in [7, 11) is 0.